The number of carboxylic acids is 1. The third-order valence-corrected chi connectivity index (χ3v) is 6.23. The molecular formula is C22H23ClN4O4S. The summed E-state index contributed by atoms with van der Waals surface area (Å²) < 4.78 is 28.7. The number of rotatable bonds is 7. The minimum atomic E-state index is -3.91. The highest BCUT2D eigenvalue weighted by atomic mass is 35.5. The number of carboxylic acid groups (broad SMARTS) is 1. The van der Waals surface area contributed by atoms with Gasteiger partial charge in [0.1, 0.15) is 12.2 Å². The smallest absolute Gasteiger partial charge is 0.322 e. The lowest BCUT2D eigenvalue weighted by atomic mass is 9.87. The molecule has 32 heavy (non-hydrogen) atoms. The average Bonchev–Trinajstić information content (AvgIpc) is 2.73. The highest BCUT2D eigenvalue weighted by Crippen LogP contribution is 2.34. The van der Waals surface area contributed by atoms with Crippen LogP contribution in [0.1, 0.15) is 26.3 Å². The Morgan fingerprint density at radius 2 is 1.72 bits per heavy atom. The van der Waals surface area contributed by atoms with Crippen molar-refractivity contribution in [1.29, 1.82) is 0 Å². The molecule has 1 heterocycles. The van der Waals surface area contributed by atoms with Gasteiger partial charge in [0.05, 0.1) is 10.6 Å². The van der Waals surface area contributed by atoms with Gasteiger partial charge in [-0.2, -0.15) is 0 Å². The molecule has 0 unspecified atom stereocenters. The van der Waals surface area contributed by atoms with Crippen LogP contribution in [0, 0.1) is 0 Å². The van der Waals surface area contributed by atoms with Crippen molar-refractivity contribution in [2.75, 3.05) is 16.6 Å². The van der Waals surface area contributed by atoms with Crippen molar-refractivity contribution >= 4 is 39.1 Å². The molecule has 0 radical (unpaired) electrons. The molecule has 0 saturated carbocycles. The molecule has 0 atom stereocenters. The normalized spacial score (nSPS) is 11.8. The van der Waals surface area contributed by atoms with Crippen LogP contribution >= 0.6 is 11.6 Å². The molecule has 10 heteroatoms. The molecule has 1 aromatic heterocycles. The van der Waals surface area contributed by atoms with Crippen LogP contribution < -0.4 is 10.0 Å². The van der Waals surface area contributed by atoms with Gasteiger partial charge in [0.15, 0.2) is 5.82 Å². The highest BCUT2D eigenvalue weighted by Gasteiger charge is 2.21. The third-order valence-electron chi connectivity index (χ3n) is 4.62. The Kier molecular flexibility index (Phi) is 6.71. The zero-order valence-corrected chi connectivity index (χ0v) is 19.3. The summed E-state index contributed by atoms with van der Waals surface area (Å²) in [5, 5.41) is 12.0. The van der Waals surface area contributed by atoms with Crippen molar-refractivity contribution in [3.8, 4) is 11.3 Å². The second-order valence-electron chi connectivity index (χ2n) is 8.07. The van der Waals surface area contributed by atoms with Crippen LogP contribution in [0.2, 0.25) is 5.02 Å². The van der Waals surface area contributed by atoms with Gasteiger partial charge >= 0.3 is 5.97 Å². The van der Waals surface area contributed by atoms with Crippen LogP contribution in [0.5, 0.6) is 0 Å². The summed E-state index contributed by atoms with van der Waals surface area (Å²) in [5.41, 5.74) is 1.75. The molecule has 0 aliphatic heterocycles. The fraction of sp³-hybridized carbons (Fsp3) is 0.227. The van der Waals surface area contributed by atoms with Gasteiger partial charge < -0.3 is 10.4 Å². The fourth-order valence-corrected chi connectivity index (χ4v) is 4.21. The van der Waals surface area contributed by atoms with Crippen molar-refractivity contribution < 1.29 is 18.3 Å². The van der Waals surface area contributed by atoms with Crippen LogP contribution in [0.25, 0.3) is 11.3 Å². The topological polar surface area (TPSA) is 121 Å². The first-order chi connectivity index (χ1) is 15.0. The monoisotopic (exact) mass is 474 g/mol. The number of sulfonamides is 1. The van der Waals surface area contributed by atoms with Gasteiger partial charge in [-0.05, 0) is 41.3 Å². The molecule has 0 aliphatic rings. The minimum Gasteiger partial charge on any atom is -0.480 e. The van der Waals surface area contributed by atoms with E-state index in [1.165, 1.54) is 24.5 Å². The van der Waals surface area contributed by atoms with E-state index in [2.05, 4.69) is 20.0 Å². The Bertz CT molecular complexity index is 1240. The number of nitrogens with one attached hydrogen (secondary N) is 2. The molecule has 0 amide bonds. The number of nitrogens with zero attached hydrogens (tertiary/aromatic N) is 2. The Hall–Kier alpha value is -3.17. The van der Waals surface area contributed by atoms with E-state index in [1.54, 1.807) is 30.3 Å². The summed E-state index contributed by atoms with van der Waals surface area (Å²) in [6.45, 7) is 5.76. The van der Waals surface area contributed by atoms with Crippen LogP contribution in [0.15, 0.2) is 59.8 Å². The van der Waals surface area contributed by atoms with E-state index in [-0.39, 0.29) is 34.1 Å². The number of halogens is 1. The zero-order valence-electron chi connectivity index (χ0n) is 17.8. The lowest BCUT2D eigenvalue weighted by Gasteiger charge is -2.19. The van der Waals surface area contributed by atoms with Gasteiger partial charge in [-0.3, -0.25) is 14.5 Å². The molecule has 8 nitrogen and oxygen atoms in total. The van der Waals surface area contributed by atoms with E-state index >= 15 is 0 Å². The van der Waals surface area contributed by atoms with Crippen LogP contribution in [0.3, 0.4) is 0 Å². The van der Waals surface area contributed by atoms with Gasteiger partial charge in [0.25, 0.3) is 10.0 Å². The van der Waals surface area contributed by atoms with Gasteiger partial charge in [0.2, 0.25) is 0 Å². The number of aromatic nitrogens is 2. The predicted molar refractivity (Wildman–Crippen MR) is 125 cm³/mol. The summed E-state index contributed by atoms with van der Waals surface area (Å²) in [5.74, 6) is -0.889. The summed E-state index contributed by atoms with van der Waals surface area (Å²) in [6, 6.07) is 11.3. The predicted octanol–water partition coefficient (Wildman–Crippen LogP) is 4.39. The minimum absolute atomic E-state index is 0.106. The Morgan fingerprint density at radius 3 is 2.34 bits per heavy atom. The molecule has 3 aromatic rings. The quantitative estimate of drug-likeness (QED) is 0.464. The van der Waals surface area contributed by atoms with Crippen molar-refractivity contribution in [2.24, 2.45) is 0 Å². The lowest BCUT2D eigenvalue weighted by molar-refractivity contribution is -0.134. The molecule has 0 fully saturated rings. The maximum Gasteiger partial charge on any atom is 0.322 e. The second-order valence-corrected chi connectivity index (χ2v) is 10.2. The fourth-order valence-electron chi connectivity index (χ4n) is 2.96. The number of aliphatic carboxylic acids is 1. The first kappa shape index (κ1) is 23.5. The molecule has 168 valence electrons. The molecule has 3 N–H and O–H groups in total. The van der Waals surface area contributed by atoms with Crippen LogP contribution in [-0.2, 0) is 20.2 Å². The number of anilines is 2. The summed E-state index contributed by atoms with van der Waals surface area (Å²) in [4.78, 5) is 19.4. The average molecular weight is 475 g/mol. The van der Waals surface area contributed by atoms with Crippen molar-refractivity contribution in [3.05, 3.63) is 65.4 Å². The summed E-state index contributed by atoms with van der Waals surface area (Å²) in [6.07, 6.45) is 2.82. The maximum absolute atomic E-state index is 13.1. The van der Waals surface area contributed by atoms with Crippen molar-refractivity contribution in [2.45, 2.75) is 31.1 Å². The first-order valence-corrected chi connectivity index (χ1v) is 11.5. The van der Waals surface area contributed by atoms with Crippen LogP contribution in [0.4, 0.5) is 11.5 Å². The highest BCUT2D eigenvalue weighted by molar-refractivity contribution is 7.92. The first-order valence-electron chi connectivity index (χ1n) is 9.67. The third kappa shape index (κ3) is 5.54. The Balaban J connectivity index is 2.00. The summed E-state index contributed by atoms with van der Waals surface area (Å²) >= 11 is 6.15. The standard InChI is InChI=1S/C22H23ClN4O4S/c1-22(2,3)14-4-7-16(8-5-14)32(30,31)27-18-9-6-15(23)12-17(18)20-21(25-11-10-24-20)26-13-19(28)29/h4-12,27H,13H2,1-3H3,(H,25,26)(H,28,29). The molecule has 3 rings (SSSR count). The molecule has 0 bridgehead atoms. The van der Waals surface area contributed by atoms with E-state index in [9.17, 15) is 13.2 Å². The van der Waals surface area contributed by atoms with E-state index in [1.807, 2.05) is 20.8 Å². The lowest BCUT2D eigenvalue weighted by Crippen LogP contribution is -2.16. The number of hydrogen-bond donors (Lipinski definition) is 3. The molecule has 0 aliphatic carbocycles. The molecule has 0 saturated heterocycles. The second kappa shape index (κ2) is 9.13. The van der Waals surface area contributed by atoms with Gasteiger partial charge in [0, 0.05) is 23.0 Å². The van der Waals surface area contributed by atoms with Gasteiger partial charge in [-0.25, -0.2) is 13.4 Å². The maximum atomic E-state index is 13.1. The van der Waals surface area contributed by atoms with Crippen molar-refractivity contribution in [3.63, 3.8) is 0 Å². The molecule has 2 aromatic carbocycles. The van der Waals surface area contributed by atoms with E-state index < -0.39 is 16.0 Å². The number of benzene rings is 2. The number of carbonyl (C=O) groups is 1. The van der Waals surface area contributed by atoms with E-state index in [0.29, 0.717) is 10.6 Å². The van der Waals surface area contributed by atoms with Crippen molar-refractivity contribution in [1.82, 2.24) is 9.97 Å². The van der Waals surface area contributed by atoms with E-state index in [4.69, 9.17) is 16.7 Å². The number of hydrogen-bond acceptors (Lipinski definition) is 6. The SMILES string of the molecule is CC(C)(C)c1ccc(S(=O)(=O)Nc2ccc(Cl)cc2-c2nccnc2NCC(=O)O)cc1. The zero-order chi connectivity index (χ0) is 23.5. The van der Waals surface area contributed by atoms with Gasteiger partial charge in [-0.15, -0.1) is 0 Å². The molecule has 0 spiro atoms. The molecular weight excluding hydrogens is 452 g/mol. The Labute approximate surface area is 191 Å². The van der Waals surface area contributed by atoms with E-state index in [0.717, 1.165) is 5.56 Å². The Morgan fingerprint density at radius 1 is 1.06 bits per heavy atom. The van der Waals surface area contributed by atoms with Crippen LogP contribution in [-0.4, -0.2) is 36.0 Å². The largest absolute Gasteiger partial charge is 0.480 e. The summed E-state index contributed by atoms with van der Waals surface area (Å²) in [7, 11) is -3.91. The van der Waals surface area contributed by atoms with Gasteiger partial charge in [-0.1, -0.05) is 44.5 Å².